The van der Waals surface area contributed by atoms with Crippen molar-refractivity contribution in [3.8, 4) is 0 Å². The Morgan fingerprint density at radius 2 is 0.320 bits per heavy atom. The van der Waals surface area contributed by atoms with Crippen LogP contribution in [0, 0.1) is 209 Å². The molecule has 0 saturated heterocycles. The molecule has 22 atom stereocenters. The van der Waals surface area contributed by atoms with E-state index >= 15 is 0 Å². The molecule has 0 aliphatic heterocycles. The Kier molecular flexibility index (Phi) is 39.5. The highest BCUT2D eigenvalue weighted by Crippen LogP contribution is 2.62. The van der Waals surface area contributed by atoms with E-state index in [9.17, 15) is 0 Å². The number of hydrogen-bond donors (Lipinski definition) is 0. The first kappa shape index (κ1) is 104. The van der Waals surface area contributed by atoms with Crippen LogP contribution in [0.3, 0.4) is 0 Å². The molecule has 122 heavy (non-hydrogen) atoms. The summed E-state index contributed by atoms with van der Waals surface area (Å²) < 4.78 is 0. The Hall–Kier alpha value is 0. The van der Waals surface area contributed by atoms with Gasteiger partial charge in [-0.3, -0.25) is 0 Å². The molecule has 19 saturated carbocycles. The van der Waals surface area contributed by atoms with Gasteiger partial charge in [-0.05, 0) is 382 Å². The van der Waals surface area contributed by atoms with Crippen LogP contribution in [0.5, 0.6) is 0 Å². The topological polar surface area (TPSA) is 0 Å². The van der Waals surface area contributed by atoms with Crippen LogP contribution in [-0.4, -0.2) is 0 Å². The van der Waals surface area contributed by atoms with Gasteiger partial charge in [-0.25, -0.2) is 0 Å². The summed E-state index contributed by atoms with van der Waals surface area (Å²) in [7, 11) is 0. The van der Waals surface area contributed by atoms with Gasteiger partial charge < -0.3 is 0 Å². The Morgan fingerprint density at radius 1 is 0.131 bits per heavy atom. The van der Waals surface area contributed by atoms with Crippen molar-refractivity contribution in [2.75, 3.05) is 0 Å². The van der Waals surface area contributed by atoms with Crippen molar-refractivity contribution in [2.24, 2.45) is 209 Å². The molecule has 22 unspecified atom stereocenters. The maximum Gasteiger partial charge on any atom is -0.0352 e. The van der Waals surface area contributed by atoms with Gasteiger partial charge in [0, 0.05) is 0 Å². The molecule has 19 fully saturated rings. The fourth-order valence-corrected chi connectivity index (χ4v) is 33.6. The van der Waals surface area contributed by atoms with E-state index in [0.717, 1.165) is 160 Å². The molecule has 19 rings (SSSR count). The van der Waals surface area contributed by atoms with E-state index in [0.29, 0.717) is 48.7 Å². The van der Waals surface area contributed by atoms with Crippen molar-refractivity contribution in [1.82, 2.24) is 0 Å². The SMILES string of the molecule is CC(C)(C)CC1C2CC1C2.CC(C)(C)CC1CC2CCCC2C1.CC(C)(C)CC1CC2CCCCC2C1.CC(C)(C)CC1CCC2CCCC21.CC(C)(C)CC1CCC2CCCC2C1.CC(C)(C)CC1CCC2CCCCC21.CC(C)(C)CC1CCC2CCCCC2C1.CC(C)(C)CC1CCCC2CCCC21.CC(C)(C)CC1CCCC2CCCCC21. The predicted molar refractivity (Wildman–Crippen MR) is 542 cm³/mol. The molecule has 0 amide bonds. The van der Waals surface area contributed by atoms with E-state index in [-0.39, 0.29) is 0 Å². The normalized spacial score (nSPS) is 38.8. The molecule has 2 bridgehead atoms. The number of rotatable bonds is 9. The molecule has 0 aromatic rings. The van der Waals surface area contributed by atoms with Crippen molar-refractivity contribution < 1.29 is 0 Å². The molecule has 19 aliphatic carbocycles. The molecule has 19 aliphatic rings. The first-order chi connectivity index (χ1) is 57.0. The minimum Gasteiger partial charge on any atom is -0.0602 e. The van der Waals surface area contributed by atoms with Gasteiger partial charge in [-0.15, -0.1) is 0 Å². The maximum atomic E-state index is 2.42. The zero-order chi connectivity index (χ0) is 88.8. The van der Waals surface area contributed by atoms with Crippen LogP contribution >= 0.6 is 0 Å². The molecular weight excluding hydrogens is 1470 g/mol. The van der Waals surface area contributed by atoms with Crippen molar-refractivity contribution in [3.63, 3.8) is 0 Å². The molecule has 0 N–H and O–H groups in total. The van der Waals surface area contributed by atoms with Gasteiger partial charge in [-0.2, -0.15) is 0 Å². The molecule has 0 nitrogen and oxygen atoms in total. The van der Waals surface area contributed by atoms with Crippen molar-refractivity contribution in [3.05, 3.63) is 0 Å². The predicted octanol–water partition coefficient (Wildman–Crippen LogP) is 40.2. The van der Waals surface area contributed by atoms with Crippen molar-refractivity contribution >= 4 is 0 Å². The maximum absolute atomic E-state index is 2.42. The van der Waals surface area contributed by atoms with Gasteiger partial charge in [0.15, 0.2) is 0 Å². The lowest BCUT2D eigenvalue weighted by Crippen LogP contribution is -2.51. The summed E-state index contributed by atoms with van der Waals surface area (Å²) in [4.78, 5) is 0. The highest BCUT2D eigenvalue weighted by molar-refractivity contribution is 5.03. The van der Waals surface area contributed by atoms with Crippen LogP contribution in [0.2, 0.25) is 0 Å². The Balaban J connectivity index is 0.000000144. The number of fused-ring (bicyclic) bond motifs is 8. The summed E-state index contributed by atoms with van der Waals surface area (Å²) in [5, 5.41) is 0. The van der Waals surface area contributed by atoms with Crippen LogP contribution < -0.4 is 0 Å². The third-order valence-corrected chi connectivity index (χ3v) is 37.8. The van der Waals surface area contributed by atoms with Gasteiger partial charge in [0.2, 0.25) is 0 Å². The van der Waals surface area contributed by atoms with Crippen LogP contribution in [0.4, 0.5) is 0 Å². The Bertz CT molecular complexity index is 2800. The van der Waals surface area contributed by atoms with E-state index in [2.05, 4.69) is 187 Å². The first-order valence-electron chi connectivity index (χ1n) is 57.0. The van der Waals surface area contributed by atoms with Crippen LogP contribution in [-0.2, 0) is 0 Å². The third kappa shape index (κ3) is 36.1. The fraction of sp³-hybridized carbons (Fsp3) is 1.00. The van der Waals surface area contributed by atoms with E-state index in [1.165, 1.54) is 186 Å². The minimum atomic E-state index is 0.546. The second-order valence-corrected chi connectivity index (χ2v) is 60.3. The second kappa shape index (κ2) is 46.3. The summed E-state index contributed by atoms with van der Waals surface area (Å²) >= 11 is 0. The summed E-state index contributed by atoms with van der Waals surface area (Å²) in [6.07, 6.45) is 90.1. The van der Waals surface area contributed by atoms with E-state index in [1.807, 2.05) is 0 Å². The van der Waals surface area contributed by atoms with Crippen LogP contribution in [0.15, 0.2) is 0 Å². The lowest BCUT2D eigenvalue weighted by molar-refractivity contribution is -0.0999. The summed E-state index contributed by atoms with van der Waals surface area (Å²) in [6, 6.07) is 0. The molecule has 0 aromatic carbocycles. The molecular formula is C122H226. The summed E-state index contributed by atoms with van der Waals surface area (Å²) in [5.74, 6) is 29.9. The van der Waals surface area contributed by atoms with Gasteiger partial charge >= 0.3 is 0 Å². The fourth-order valence-electron chi connectivity index (χ4n) is 33.6. The molecule has 0 heteroatoms. The lowest BCUT2D eigenvalue weighted by Gasteiger charge is -2.60. The molecule has 0 radical (unpaired) electrons. The van der Waals surface area contributed by atoms with Crippen molar-refractivity contribution in [2.45, 2.75) is 566 Å². The quantitative estimate of drug-likeness (QED) is 0.216. The zero-order valence-electron chi connectivity index (χ0n) is 88.8. The average molecular weight is 1690 g/mol. The smallest absolute Gasteiger partial charge is 0.0352 e. The molecule has 714 valence electrons. The summed E-state index contributed by atoms with van der Waals surface area (Å²) in [5.41, 5.74) is 5.00. The standard InChI is InChI=1S/2C15H28.4C14H26.2C13H24.C10H18/c1-15(2,3)11-13-9-6-8-12-7-4-5-10-14(12)13;1-15(2,3)11-12-8-9-13-6-4-5-7-14(13)10-12;1-14(2,3)10-12-8-4-6-11-7-5-9-13(11)12;1-14(2,3)10-11-7-8-12-5-4-6-13(12)9-11;1-14(2,3)10-11-8-12-6-4-5-7-13(12)9-11;1-14(2,3)10-12-9-8-11-6-4-5-7-13(11)12;1-13(2,3)9-10-7-11-5-4-6-12(11)8-10;1-13(2,3)9-11-8-7-10-5-4-6-12(10)11;1-10(2,3)6-9-7-4-8(9)5-7/h2*12-14H,4-11H2,1-3H3;4*11-13H,4-10H2,1-3H3;2*10-12H,4-9H2,1-3H3;7-9H,4-6H2,1-3H3. The Labute approximate surface area is 769 Å². The average Bonchev–Trinajstić information content (AvgIpc) is 0.990. The van der Waals surface area contributed by atoms with Gasteiger partial charge in [0.1, 0.15) is 0 Å². The van der Waals surface area contributed by atoms with E-state index in [4.69, 9.17) is 0 Å². The second-order valence-electron chi connectivity index (χ2n) is 60.3. The number of hydrogen-bond acceptors (Lipinski definition) is 0. The summed E-state index contributed by atoms with van der Waals surface area (Å²) in [6.45, 7) is 64.7. The molecule has 0 heterocycles. The van der Waals surface area contributed by atoms with Crippen molar-refractivity contribution in [1.29, 1.82) is 0 Å². The van der Waals surface area contributed by atoms with E-state index < -0.39 is 0 Å². The zero-order valence-corrected chi connectivity index (χ0v) is 88.8. The van der Waals surface area contributed by atoms with Crippen LogP contribution in [0.25, 0.3) is 0 Å². The van der Waals surface area contributed by atoms with E-state index in [1.54, 1.807) is 193 Å². The molecule has 0 spiro atoms. The Morgan fingerprint density at radius 3 is 0.598 bits per heavy atom. The van der Waals surface area contributed by atoms with Gasteiger partial charge in [-0.1, -0.05) is 392 Å². The molecule has 0 aromatic heterocycles. The third-order valence-electron chi connectivity index (χ3n) is 37.8. The lowest BCUT2D eigenvalue weighted by atomic mass is 9.45. The highest BCUT2D eigenvalue weighted by atomic mass is 14.6. The monoisotopic (exact) mass is 1690 g/mol. The van der Waals surface area contributed by atoms with Gasteiger partial charge in [0.05, 0.1) is 0 Å². The van der Waals surface area contributed by atoms with Gasteiger partial charge in [0.25, 0.3) is 0 Å². The minimum absolute atomic E-state index is 0.546. The van der Waals surface area contributed by atoms with Crippen LogP contribution in [0.1, 0.15) is 566 Å². The highest BCUT2D eigenvalue weighted by Gasteiger charge is 2.53. The first-order valence-corrected chi connectivity index (χ1v) is 57.0. The largest absolute Gasteiger partial charge is 0.0602 e.